The number of carbonyl (C=O) groups is 1. The van der Waals surface area contributed by atoms with Crippen molar-refractivity contribution in [3.05, 3.63) is 78.4 Å². The minimum Gasteiger partial charge on any atom is -0.497 e. The molecule has 0 saturated heterocycles. The molecule has 0 bridgehead atoms. The lowest BCUT2D eigenvalue weighted by molar-refractivity contribution is 0.102. The monoisotopic (exact) mass is 428 g/mol. The zero-order valence-electron chi connectivity index (χ0n) is 15.9. The van der Waals surface area contributed by atoms with Crippen molar-refractivity contribution in [2.45, 2.75) is 9.79 Å². The lowest BCUT2D eigenvalue weighted by atomic mass is 10.2. The largest absolute Gasteiger partial charge is 0.497 e. The minimum atomic E-state index is -3.70. The number of thioether (sulfide) groups is 1. The van der Waals surface area contributed by atoms with E-state index in [1.54, 1.807) is 79.9 Å². The number of anilines is 2. The number of hydrogen-bond acceptors (Lipinski definition) is 5. The average Bonchev–Trinajstić information content (AvgIpc) is 2.74. The fourth-order valence-electron chi connectivity index (χ4n) is 2.54. The van der Waals surface area contributed by atoms with Gasteiger partial charge in [0.1, 0.15) is 5.75 Å². The summed E-state index contributed by atoms with van der Waals surface area (Å²) < 4.78 is 32.6. The lowest BCUT2D eigenvalue weighted by Gasteiger charge is -2.10. The molecule has 0 fully saturated rings. The van der Waals surface area contributed by atoms with Gasteiger partial charge in [-0.3, -0.25) is 9.52 Å². The zero-order chi connectivity index (χ0) is 20.9. The third-order valence-corrected chi connectivity index (χ3v) is 6.26. The Morgan fingerprint density at radius 2 is 1.45 bits per heavy atom. The smallest absolute Gasteiger partial charge is 0.261 e. The summed E-state index contributed by atoms with van der Waals surface area (Å²) >= 11 is 1.54. The Labute approximate surface area is 174 Å². The minimum absolute atomic E-state index is 0.177. The van der Waals surface area contributed by atoms with Crippen LogP contribution in [-0.4, -0.2) is 27.7 Å². The molecule has 3 rings (SSSR count). The van der Waals surface area contributed by atoms with E-state index in [9.17, 15) is 13.2 Å². The molecule has 0 aliphatic rings. The number of ether oxygens (including phenoxy) is 1. The van der Waals surface area contributed by atoms with Gasteiger partial charge < -0.3 is 10.1 Å². The summed E-state index contributed by atoms with van der Waals surface area (Å²) in [6, 6.07) is 19.8. The maximum Gasteiger partial charge on any atom is 0.261 e. The third-order valence-electron chi connectivity index (χ3n) is 4.12. The van der Waals surface area contributed by atoms with Crippen LogP contribution in [0.5, 0.6) is 5.75 Å². The van der Waals surface area contributed by atoms with Gasteiger partial charge in [0.05, 0.1) is 12.0 Å². The average molecular weight is 429 g/mol. The van der Waals surface area contributed by atoms with E-state index in [0.717, 1.165) is 4.90 Å². The molecule has 150 valence electrons. The number of nitrogens with one attached hydrogen (secondary N) is 2. The van der Waals surface area contributed by atoms with E-state index >= 15 is 0 Å². The van der Waals surface area contributed by atoms with Crippen molar-refractivity contribution in [3.63, 3.8) is 0 Å². The first-order valence-corrected chi connectivity index (χ1v) is 11.3. The second-order valence-electron chi connectivity index (χ2n) is 6.04. The summed E-state index contributed by atoms with van der Waals surface area (Å²) in [4.78, 5) is 13.5. The molecule has 0 heterocycles. The van der Waals surface area contributed by atoms with Crippen LogP contribution >= 0.6 is 11.8 Å². The van der Waals surface area contributed by atoms with Crippen LogP contribution in [-0.2, 0) is 10.0 Å². The zero-order valence-corrected chi connectivity index (χ0v) is 17.5. The highest BCUT2D eigenvalue weighted by Crippen LogP contribution is 2.21. The molecule has 0 aliphatic carbocycles. The molecular weight excluding hydrogens is 408 g/mol. The van der Waals surface area contributed by atoms with Gasteiger partial charge in [-0.1, -0.05) is 0 Å². The molecule has 1 amide bonds. The normalized spacial score (nSPS) is 11.0. The van der Waals surface area contributed by atoms with E-state index in [1.165, 1.54) is 11.8 Å². The first-order chi connectivity index (χ1) is 13.9. The molecule has 2 N–H and O–H groups in total. The molecule has 0 atom stereocenters. The van der Waals surface area contributed by atoms with E-state index in [4.69, 9.17) is 4.74 Å². The van der Waals surface area contributed by atoms with Crippen molar-refractivity contribution >= 4 is 39.1 Å². The molecule has 0 spiro atoms. The van der Waals surface area contributed by atoms with Gasteiger partial charge >= 0.3 is 0 Å². The Bertz CT molecular complexity index is 1080. The molecule has 0 aromatic heterocycles. The summed E-state index contributed by atoms with van der Waals surface area (Å²) in [5.41, 5.74) is 1.42. The first kappa shape index (κ1) is 20.8. The van der Waals surface area contributed by atoms with Gasteiger partial charge in [0.25, 0.3) is 15.9 Å². The lowest BCUT2D eigenvalue weighted by Crippen LogP contribution is -2.14. The predicted molar refractivity (Wildman–Crippen MR) is 116 cm³/mol. The van der Waals surface area contributed by atoms with Crippen molar-refractivity contribution in [1.29, 1.82) is 0 Å². The van der Waals surface area contributed by atoms with Gasteiger partial charge in [-0.25, -0.2) is 8.42 Å². The standard InChI is InChI=1S/C21H20N2O4S2/c1-27-18-9-7-16(8-10-18)22-21(24)15-3-5-17(6-4-15)23-29(25,26)20-13-11-19(28-2)12-14-20/h3-14,23H,1-2H3,(H,22,24). The third kappa shape index (κ3) is 5.30. The van der Waals surface area contributed by atoms with Crippen molar-refractivity contribution < 1.29 is 17.9 Å². The van der Waals surface area contributed by atoms with Crippen LogP contribution in [0.3, 0.4) is 0 Å². The van der Waals surface area contributed by atoms with Gasteiger partial charge in [-0.2, -0.15) is 0 Å². The van der Waals surface area contributed by atoms with Crippen LogP contribution in [0.2, 0.25) is 0 Å². The number of hydrogen-bond donors (Lipinski definition) is 2. The second kappa shape index (κ2) is 9.02. The highest BCUT2D eigenvalue weighted by Gasteiger charge is 2.14. The molecular formula is C21H20N2O4S2. The molecule has 8 heteroatoms. The molecule has 0 radical (unpaired) electrons. The molecule has 3 aromatic rings. The fraction of sp³-hybridized carbons (Fsp3) is 0.0952. The van der Waals surface area contributed by atoms with Gasteiger partial charge in [0, 0.05) is 21.8 Å². The van der Waals surface area contributed by atoms with Crippen LogP contribution in [0.25, 0.3) is 0 Å². The predicted octanol–water partition coefficient (Wildman–Crippen LogP) is 4.47. The Balaban J connectivity index is 1.67. The summed E-state index contributed by atoms with van der Waals surface area (Å²) in [7, 11) is -2.13. The quantitative estimate of drug-likeness (QED) is 0.543. The highest BCUT2D eigenvalue weighted by molar-refractivity contribution is 7.98. The number of sulfonamides is 1. The Morgan fingerprint density at radius 1 is 0.862 bits per heavy atom. The van der Waals surface area contributed by atoms with Gasteiger partial charge in [-0.15, -0.1) is 11.8 Å². The van der Waals surface area contributed by atoms with E-state index in [2.05, 4.69) is 10.0 Å². The number of benzene rings is 3. The number of rotatable bonds is 7. The Hall–Kier alpha value is -2.97. The summed E-state index contributed by atoms with van der Waals surface area (Å²) in [5.74, 6) is 0.403. The van der Waals surface area contributed by atoms with E-state index in [-0.39, 0.29) is 10.8 Å². The van der Waals surface area contributed by atoms with Crippen LogP contribution in [0.1, 0.15) is 10.4 Å². The van der Waals surface area contributed by atoms with Crippen LogP contribution in [0.15, 0.2) is 82.6 Å². The van der Waals surface area contributed by atoms with Crippen LogP contribution in [0, 0.1) is 0 Å². The van der Waals surface area contributed by atoms with E-state index in [1.807, 2.05) is 6.26 Å². The van der Waals surface area contributed by atoms with E-state index in [0.29, 0.717) is 22.7 Å². The van der Waals surface area contributed by atoms with Crippen LogP contribution < -0.4 is 14.8 Å². The molecule has 0 unspecified atom stereocenters. The number of methoxy groups -OCH3 is 1. The van der Waals surface area contributed by atoms with Crippen molar-refractivity contribution in [3.8, 4) is 5.75 Å². The van der Waals surface area contributed by atoms with Gasteiger partial charge in [-0.05, 0) is 79.1 Å². The maximum atomic E-state index is 12.5. The Kier molecular flexibility index (Phi) is 6.46. The van der Waals surface area contributed by atoms with Crippen molar-refractivity contribution in [2.75, 3.05) is 23.4 Å². The summed E-state index contributed by atoms with van der Waals surface area (Å²) in [6.45, 7) is 0. The van der Waals surface area contributed by atoms with Crippen molar-refractivity contribution in [1.82, 2.24) is 0 Å². The van der Waals surface area contributed by atoms with E-state index < -0.39 is 10.0 Å². The summed E-state index contributed by atoms with van der Waals surface area (Å²) in [6.07, 6.45) is 1.92. The van der Waals surface area contributed by atoms with Gasteiger partial charge in [0.2, 0.25) is 0 Å². The first-order valence-electron chi connectivity index (χ1n) is 8.63. The fourth-order valence-corrected chi connectivity index (χ4v) is 4.00. The molecule has 29 heavy (non-hydrogen) atoms. The topological polar surface area (TPSA) is 84.5 Å². The number of amides is 1. The van der Waals surface area contributed by atoms with Gasteiger partial charge in [0.15, 0.2) is 0 Å². The Morgan fingerprint density at radius 3 is 2.00 bits per heavy atom. The molecule has 0 saturated carbocycles. The highest BCUT2D eigenvalue weighted by atomic mass is 32.2. The molecule has 0 aliphatic heterocycles. The maximum absolute atomic E-state index is 12.5. The van der Waals surface area contributed by atoms with Crippen molar-refractivity contribution in [2.24, 2.45) is 0 Å². The number of carbonyl (C=O) groups excluding carboxylic acids is 1. The SMILES string of the molecule is COc1ccc(NC(=O)c2ccc(NS(=O)(=O)c3ccc(SC)cc3)cc2)cc1. The second-order valence-corrected chi connectivity index (χ2v) is 8.60. The molecule has 6 nitrogen and oxygen atoms in total. The van der Waals surface area contributed by atoms with Crippen LogP contribution in [0.4, 0.5) is 11.4 Å². The molecule has 3 aromatic carbocycles. The summed E-state index contributed by atoms with van der Waals surface area (Å²) in [5, 5.41) is 2.78.